The maximum atomic E-state index is 12.6. The Kier molecular flexibility index (Phi) is 4.95. The molecule has 0 atom stereocenters. The molecular weight excluding hydrogens is 380 g/mol. The number of hydrogen-bond donors (Lipinski definition) is 2. The van der Waals surface area contributed by atoms with Gasteiger partial charge in [-0.05, 0) is 54.8 Å². The second-order valence-electron chi connectivity index (χ2n) is 6.76. The normalized spacial score (nSPS) is 14.9. The summed E-state index contributed by atoms with van der Waals surface area (Å²) in [7, 11) is 0. The van der Waals surface area contributed by atoms with Gasteiger partial charge >= 0.3 is 0 Å². The number of benzene rings is 2. The summed E-state index contributed by atoms with van der Waals surface area (Å²) in [6.07, 6.45) is 1.89. The lowest BCUT2D eigenvalue weighted by molar-refractivity contribution is -0.118. The van der Waals surface area contributed by atoms with Crippen LogP contribution in [0.2, 0.25) is 0 Å². The minimum atomic E-state index is -0.248. The molecule has 2 aromatic carbocycles. The quantitative estimate of drug-likeness (QED) is 0.777. The van der Waals surface area contributed by atoms with Gasteiger partial charge in [0.2, 0.25) is 5.91 Å². The zero-order valence-electron chi connectivity index (χ0n) is 14.3. The first kappa shape index (κ1) is 17.7. The molecule has 4 nitrogen and oxygen atoms in total. The summed E-state index contributed by atoms with van der Waals surface area (Å²) in [5.74, 6) is -0.213. The SMILES string of the molecule is CC(C)C(=O)Nc1ccc(C(=O)NC2(c3ccc(Br)cc3)CC2)cc1. The average Bonchev–Trinajstić information content (AvgIpc) is 3.36. The van der Waals surface area contributed by atoms with Crippen LogP contribution in [0.15, 0.2) is 53.0 Å². The highest BCUT2D eigenvalue weighted by molar-refractivity contribution is 9.10. The summed E-state index contributed by atoms with van der Waals surface area (Å²) in [5.41, 5.74) is 2.17. The molecule has 5 heteroatoms. The molecule has 1 saturated carbocycles. The summed E-state index contributed by atoms with van der Waals surface area (Å²) < 4.78 is 1.03. The van der Waals surface area contributed by atoms with Crippen LogP contribution in [0, 0.1) is 5.92 Å². The van der Waals surface area contributed by atoms with Gasteiger partial charge in [-0.15, -0.1) is 0 Å². The van der Waals surface area contributed by atoms with Gasteiger partial charge in [-0.1, -0.05) is 41.9 Å². The highest BCUT2D eigenvalue weighted by Gasteiger charge is 2.45. The molecule has 0 radical (unpaired) electrons. The van der Waals surface area contributed by atoms with Crippen LogP contribution in [0.1, 0.15) is 42.6 Å². The largest absolute Gasteiger partial charge is 0.343 e. The smallest absolute Gasteiger partial charge is 0.251 e. The molecule has 0 aliphatic heterocycles. The Bertz CT molecular complexity index is 778. The lowest BCUT2D eigenvalue weighted by atomic mass is 10.0. The summed E-state index contributed by atoms with van der Waals surface area (Å²) in [6.45, 7) is 3.68. The van der Waals surface area contributed by atoms with E-state index in [2.05, 4.69) is 26.6 Å². The highest BCUT2D eigenvalue weighted by atomic mass is 79.9. The van der Waals surface area contributed by atoms with Crippen molar-refractivity contribution < 1.29 is 9.59 Å². The van der Waals surface area contributed by atoms with E-state index in [-0.39, 0.29) is 23.3 Å². The molecule has 1 aliphatic rings. The number of halogens is 1. The molecule has 1 fully saturated rings. The molecule has 0 saturated heterocycles. The molecule has 25 heavy (non-hydrogen) atoms. The molecule has 0 bridgehead atoms. The van der Waals surface area contributed by atoms with Crippen molar-refractivity contribution in [1.29, 1.82) is 0 Å². The first-order chi connectivity index (χ1) is 11.9. The average molecular weight is 401 g/mol. The number of hydrogen-bond acceptors (Lipinski definition) is 2. The van der Waals surface area contributed by atoms with Crippen molar-refractivity contribution in [3.05, 3.63) is 64.1 Å². The van der Waals surface area contributed by atoms with E-state index in [1.165, 1.54) is 0 Å². The Labute approximate surface area is 156 Å². The Morgan fingerprint density at radius 1 is 1.00 bits per heavy atom. The van der Waals surface area contributed by atoms with Crippen molar-refractivity contribution >= 4 is 33.4 Å². The van der Waals surface area contributed by atoms with Gasteiger partial charge in [-0.3, -0.25) is 9.59 Å². The number of carbonyl (C=O) groups is 2. The van der Waals surface area contributed by atoms with Crippen molar-refractivity contribution in [2.24, 2.45) is 5.92 Å². The molecule has 1 aliphatic carbocycles. The Balaban J connectivity index is 1.67. The number of rotatable bonds is 5. The van der Waals surface area contributed by atoms with Crippen molar-refractivity contribution in [2.75, 3.05) is 5.32 Å². The van der Waals surface area contributed by atoms with Gasteiger partial charge in [0.25, 0.3) is 5.91 Å². The Morgan fingerprint density at radius 2 is 1.60 bits per heavy atom. The van der Waals surface area contributed by atoms with E-state index in [4.69, 9.17) is 0 Å². The van der Waals surface area contributed by atoms with Crippen LogP contribution in [0.5, 0.6) is 0 Å². The summed E-state index contributed by atoms with van der Waals surface area (Å²) in [5, 5.41) is 5.98. The molecular formula is C20H21BrN2O2. The molecule has 2 N–H and O–H groups in total. The third kappa shape index (κ3) is 4.10. The van der Waals surface area contributed by atoms with Gasteiger partial charge in [-0.25, -0.2) is 0 Å². The van der Waals surface area contributed by atoms with Gasteiger partial charge in [-0.2, -0.15) is 0 Å². The van der Waals surface area contributed by atoms with Crippen LogP contribution in [0.3, 0.4) is 0 Å². The second-order valence-corrected chi connectivity index (χ2v) is 7.68. The first-order valence-corrected chi connectivity index (χ1v) is 9.18. The zero-order chi connectivity index (χ0) is 18.0. The van der Waals surface area contributed by atoms with Crippen LogP contribution in [-0.2, 0) is 10.3 Å². The fraction of sp³-hybridized carbons (Fsp3) is 0.300. The van der Waals surface area contributed by atoms with E-state index in [0.29, 0.717) is 11.3 Å². The predicted octanol–water partition coefficient (Wildman–Crippen LogP) is 4.46. The number of amides is 2. The predicted molar refractivity (Wildman–Crippen MR) is 102 cm³/mol. The maximum Gasteiger partial charge on any atom is 0.251 e. The summed E-state index contributed by atoms with van der Waals surface area (Å²) in [6, 6.07) is 15.1. The molecule has 2 amide bonds. The van der Waals surface area contributed by atoms with Crippen LogP contribution in [0.25, 0.3) is 0 Å². The second kappa shape index (κ2) is 7.00. The van der Waals surface area contributed by atoms with Crippen molar-refractivity contribution in [1.82, 2.24) is 5.32 Å². The lowest BCUT2D eigenvalue weighted by Crippen LogP contribution is -2.34. The monoisotopic (exact) mass is 400 g/mol. The van der Waals surface area contributed by atoms with Crippen molar-refractivity contribution in [2.45, 2.75) is 32.2 Å². The first-order valence-electron chi connectivity index (χ1n) is 8.39. The number of anilines is 1. The van der Waals surface area contributed by atoms with Crippen molar-refractivity contribution in [3.63, 3.8) is 0 Å². The minimum Gasteiger partial charge on any atom is -0.343 e. The molecule has 2 aromatic rings. The van der Waals surface area contributed by atoms with Crippen LogP contribution >= 0.6 is 15.9 Å². The van der Waals surface area contributed by atoms with Gasteiger partial charge in [0, 0.05) is 21.6 Å². The van der Waals surface area contributed by atoms with Crippen molar-refractivity contribution in [3.8, 4) is 0 Å². The van der Waals surface area contributed by atoms with Gasteiger partial charge in [0.15, 0.2) is 0 Å². The summed E-state index contributed by atoms with van der Waals surface area (Å²) >= 11 is 3.44. The molecule has 0 aromatic heterocycles. The number of nitrogens with one attached hydrogen (secondary N) is 2. The van der Waals surface area contributed by atoms with Gasteiger partial charge in [0.1, 0.15) is 0 Å². The maximum absolute atomic E-state index is 12.6. The van der Waals surface area contributed by atoms with Crippen LogP contribution < -0.4 is 10.6 Å². The molecule has 0 unspecified atom stereocenters. The van der Waals surface area contributed by atoms with E-state index < -0.39 is 0 Å². The minimum absolute atomic E-state index is 0.0376. The standard InChI is InChI=1S/C20H21BrN2O2/c1-13(2)18(24)22-17-9-3-14(4-10-17)19(25)23-20(11-12-20)15-5-7-16(21)8-6-15/h3-10,13H,11-12H2,1-2H3,(H,22,24)(H,23,25). The van der Waals surface area contributed by atoms with Crippen LogP contribution in [0.4, 0.5) is 5.69 Å². The zero-order valence-corrected chi connectivity index (χ0v) is 15.9. The van der Waals surface area contributed by atoms with Crippen LogP contribution in [-0.4, -0.2) is 11.8 Å². The fourth-order valence-corrected chi connectivity index (χ4v) is 2.93. The Hall–Kier alpha value is -2.14. The van der Waals surface area contributed by atoms with E-state index >= 15 is 0 Å². The van der Waals surface area contributed by atoms with E-state index in [9.17, 15) is 9.59 Å². The number of carbonyl (C=O) groups excluding carboxylic acids is 2. The third-order valence-electron chi connectivity index (χ3n) is 4.44. The van der Waals surface area contributed by atoms with Gasteiger partial charge < -0.3 is 10.6 Å². The molecule has 0 spiro atoms. The topological polar surface area (TPSA) is 58.2 Å². The Morgan fingerprint density at radius 3 is 2.12 bits per heavy atom. The fourth-order valence-electron chi connectivity index (χ4n) is 2.66. The highest BCUT2D eigenvalue weighted by Crippen LogP contribution is 2.45. The molecule has 0 heterocycles. The summed E-state index contributed by atoms with van der Waals surface area (Å²) in [4.78, 5) is 24.3. The third-order valence-corrected chi connectivity index (χ3v) is 4.97. The lowest BCUT2D eigenvalue weighted by Gasteiger charge is -2.18. The van der Waals surface area contributed by atoms with E-state index in [0.717, 1.165) is 22.9 Å². The van der Waals surface area contributed by atoms with E-state index in [1.54, 1.807) is 24.3 Å². The molecule has 130 valence electrons. The molecule has 3 rings (SSSR count). The van der Waals surface area contributed by atoms with Gasteiger partial charge in [0.05, 0.1) is 5.54 Å². The van der Waals surface area contributed by atoms with E-state index in [1.807, 2.05) is 38.1 Å².